The van der Waals surface area contributed by atoms with Gasteiger partial charge in [0.05, 0.1) is 0 Å². The molecule has 0 heterocycles. The SMILES string of the molecule is C#CC(N=C(C)C=C)=NC=C. The molecule has 0 atom stereocenters. The highest BCUT2D eigenvalue weighted by Crippen LogP contribution is 1.84. The summed E-state index contributed by atoms with van der Waals surface area (Å²) in [5, 5.41) is 0. The third kappa shape index (κ3) is 3.88. The molecule has 2 heteroatoms. The molecule has 0 N–H and O–H groups in total. The molecule has 0 aliphatic rings. The van der Waals surface area contributed by atoms with Gasteiger partial charge in [0, 0.05) is 11.9 Å². The van der Waals surface area contributed by atoms with Crippen molar-refractivity contribution in [2.45, 2.75) is 6.92 Å². The fourth-order valence-electron chi connectivity index (χ4n) is 0.398. The van der Waals surface area contributed by atoms with Crippen LogP contribution in [0.5, 0.6) is 0 Å². The normalized spacial score (nSPS) is 12.0. The van der Waals surface area contributed by atoms with Gasteiger partial charge in [0.25, 0.3) is 0 Å². The van der Waals surface area contributed by atoms with E-state index in [0.717, 1.165) is 5.71 Å². The minimum Gasteiger partial charge on any atom is -0.230 e. The molecule has 2 nitrogen and oxygen atoms in total. The molecular weight excluding hydrogens is 136 g/mol. The Kier molecular flexibility index (Phi) is 4.42. The van der Waals surface area contributed by atoms with Crippen molar-refractivity contribution in [3.05, 3.63) is 25.4 Å². The zero-order valence-corrected chi connectivity index (χ0v) is 6.54. The summed E-state index contributed by atoms with van der Waals surface area (Å²) < 4.78 is 0. The highest BCUT2D eigenvalue weighted by atomic mass is 14.9. The molecule has 0 fully saturated rings. The first-order valence-electron chi connectivity index (χ1n) is 3.07. The van der Waals surface area contributed by atoms with Gasteiger partial charge in [-0.15, -0.1) is 6.42 Å². The van der Waals surface area contributed by atoms with E-state index in [1.54, 1.807) is 13.0 Å². The van der Waals surface area contributed by atoms with E-state index in [1.807, 2.05) is 0 Å². The fourth-order valence-corrected chi connectivity index (χ4v) is 0.398. The van der Waals surface area contributed by atoms with Gasteiger partial charge in [-0.05, 0) is 18.9 Å². The minimum atomic E-state index is 0.317. The van der Waals surface area contributed by atoms with Crippen LogP contribution in [0.2, 0.25) is 0 Å². The van der Waals surface area contributed by atoms with Crippen molar-refractivity contribution in [3.8, 4) is 12.3 Å². The lowest BCUT2D eigenvalue weighted by molar-refractivity contribution is 1.52. The van der Waals surface area contributed by atoms with Gasteiger partial charge in [-0.25, -0.2) is 9.98 Å². The lowest BCUT2D eigenvalue weighted by Gasteiger charge is -1.88. The molecule has 11 heavy (non-hydrogen) atoms. The van der Waals surface area contributed by atoms with Crippen LogP contribution in [0.25, 0.3) is 0 Å². The predicted molar refractivity (Wildman–Crippen MR) is 49.8 cm³/mol. The van der Waals surface area contributed by atoms with Crippen LogP contribution in [0.1, 0.15) is 6.92 Å². The van der Waals surface area contributed by atoms with E-state index in [-0.39, 0.29) is 0 Å². The van der Waals surface area contributed by atoms with E-state index in [1.165, 1.54) is 6.20 Å². The number of hydrogen-bond acceptors (Lipinski definition) is 1. The Balaban J connectivity index is 4.58. The number of rotatable bonds is 2. The highest BCUT2D eigenvalue weighted by Gasteiger charge is 1.87. The quantitative estimate of drug-likeness (QED) is 0.322. The third-order valence-corrected chi connectivity index (χ3v) is 0.920. The van der Waals surface area contributed by atoms with E-state index >= 15 is 0 Å². The van der Waals surface area contributed by atoms with Crippen molar-refractivity contribution in [1.29, 1.82) is 0 Å². The van der Waals surface area contributed by atoms with Gasteiger partial charge in [-0.1, -0.05) is 13.2 Å². The second-order valence-corrected chi connectivity index (χ2v) is 1.74. The van der Waals surface area contributed by atoms with E-state index in [0.29, 0.717) is 5.84 Å². The summed E-state index contributed by atoms with van der Waals surface area (Å²) in [5.41, 5.74) is 0.739. The first kappa shape index (κ1) is 9.38. The van der Waals surface area contributed by atoms with Gasteiger partial charge < -0.3 is 0 Å². The van der Waals surface area contributed by atoms with Crippen LogP contribution in [-0.4, -0.2) is 11.5 Å². The molecule has 0 bridgehead atoms. The smallest absolute Gasteiger partial charge is 0.204 e. The van der Waals surface area contributed by atoms with Gasteiger partial charge in [-0.2, -0.15) is 0 Å². The molecule has 0 spiro atoms. The number of allylic oxidation sites excluding steroid dienone is 1. The van der Waals surface area contributed by atoms with Crippen LogP contribution in [-0.2, 0) is 0 Å². The van der Waals surface area contributed by atoms with Gasteiger partial charge >= 0.3 is 0 Å². The van der Waals surface area contributed by atoms with E-state index in [9.17, 15) is 0 Å². The Morgan fingerprint density at radius 1 is 1.55 bits per heavy atom. The Labute approximate surface area is 67.1 Å². The Morgan fingerprint density at radius 2 is 2.18 bits per heavy atom. The lowest BCUT2D eigenvalue weighted by atomic mass is 10.4. The topological polar surface area (TPSA) is 24.7 Å². The maximum atomic E-state index is 5.09. The van der Waals surface area contributed by atoms with Crippen molar-refractivity contribution in [3.63, 3.8) is 0 Å². The number of aliphatic imine (C=N–C) groups is 2. The lowest BCUT2D eigenvalue weighted by Crippen LogP contribution is -1.93. The zero-order chi connectivity index (χ0) is 8.69. The van der Waals surface area contributed by atoms with Crippen molar-refractivity contribution >= 4 is 11.5 Å². The molecule has 0 amide bonds. The van der Waals surface area contributed by atoms with E-state index < -0.39 is 0 Å². The van der Waals surface area contributed by atoms with Crippen LogP contribution in [0.15, 0.2) is 35.4 Å². The summed E-state index contributed by atoms with van der Waals surface area (Å²) in [6, 6.07) is 0. The molecule has 0 aliphatic carbocycles. The number of nitrogens with zero attached hydrogens (tertiary/aromatic N) is 2. The van der Waals surface area contributed by atoms with Crippen LogP contribution in [0, 0.1) is 12.3 Å². The molecule has 0 aromatic heterocycles. The largest absolute Gasteiger partial charge is 0.230 e. The molecule has 0 rings (SSSR count). The Morgan fingerprint density at radius 3 is 2.55 bits per heavy atom. The summed E-state index contributed by atoms with van der Waals surface area (Å²) in [5.74, 6) is 2.63. The summed E-state index contributed by atoms with van der Waals surface area (Å²) in [6.45, 7) is 8.73. The first-order chi connectivity index (χ1) is 5.24. The van der Waals surface area contributed by atoms with Crippen LogP contribution >= 0.6 is 0 Å². The molecule has 0 aromatic carbocycles. The molecular formula is C9H10N2. The average Bonchev–Trinajstić information content (AvgIpc) is 2.03. The maximum absolute atomic E-state index is 5.09. The van der Waals surface area contributed by atoms with Gasteiger partial charge in [0.2, 0.25) is 5.84 Å². The minimum absolute atomic E-state index is 0.317. The highest BCUT2D eigenvalue weighted by molar-refractivity contribution is 6.09. The van der Waals surface area contributed by atoms with Gasteiger partial charge in [-0.3, -0.25) is 0 Å². The van der Waals surface area contributed by atoms with Crippen molar-refractivity contribution in [1.82, 2.24) is 0 Å². The molecule has 0 saturated heterocycles. The van der Waals surface area contributed by atoms with Crippen LogP contribution in [0.3, 0.4) is 0 Å². The summed E-state index contributed by atoms with van der Waals surface area (Å²) in [4.78, 5) is 7.68. The number of amidine groups is 1. The maximum Gasteiger partial charge on any atom is 0.204 e. The fraction of sp³-hybridized carbons (Fsp3) is 0.111. The van der Waals surface area contributed by atoms with E-state index in [4.69, 9.17) is 6.42 Å². The summed E-state index contributed by atoms with van der Waals surface area (Å²) in [6.07, 6.45) is 8.06. The molecule has 0 aliphatic heterocycles. The van der Waals surface area contributed by atoms with Gasteiger partial charge in [0.15, 0.2) is 0 Å². The Hall–Kier alpha value is -1.62. The Bertz CT molecular complexity index is 251. The van der Waals surface area contributed by atoms with E-state index in [2.05, 4.69) is 29.1 Å². The zero-order valence-electron chi connectivity index (χ0n) is 6.54. The van der Waals surface area contributed by atoms with Crippen LogP contribution < -0.4 is 0 Å². The number of terminal acetylenes is 1. The standard InChI is InChI=1S/C9H10N2/c1-5-8(4)11-9(6-2)10-7-3/h2,5,7H,1,3H2,4H3. The third-order valence-electron chi connectivity index (χ3n) is 0.920. The second-order valence-electron chi connectivity index (χ2n) is 1.74. The summed E-state index contributed by atoms with van der Waals surface area (Å²) in [7, 11) is 0. The molecule has 0 unspecified atom stereocenters. The van der Waals surface area contributed by atoms with Gasteiger partial charge in [0.1, 0.15) is 0 Å². The van der Waals surface area contributed by atoms with Crippen LogP contribution in [0.4, 0.5) is 0 Å². The summed E-state index contributed by atoms with van der Waals surface area (Å²) >= 11 is 0. The predicted octanol–water partition coefficient (Wildman–Crippen LogP) is 1.81. The molecule has 56 valence electrons. The number of hydrogen-bond donors (Lipinski definition) is 0. The van der Waals surface area contributed by atoms with Crippen molar-refractivity contribution in [2.24, 2.45) is 9.98 Å². The molecule has 0 radical (unpaired) electrons. The van der Waals surface area contributed by atoms with Crippen molar-refractivity contribution in [2.75, 3.05) is 0 Å². The molecule has 0 saturated carbocycles. The second kappa shape index (κ2) is 5.19. The first-order valence-corrected chi connectivity index (χ1v) is 3.07. The molecule has 0 aromatic rings. The average molecular weight is 146 g/mol. The van der Waals surface area contributed by atoms with Crippen molar-refractivity contribution < 1.29 is 0 Å². The monoisotopic (exact) mass is 146 g/mol.